The maximum Gasteiger partial charge on any atom is 0.222 e. The number of nitrogens with zero attached hydrogens (tertiary/aromatic N) is 3. The number of rotatable bonds is 7. The summed E-state index contributed by atoms with van der Waals surface area (Å²) in [4.78, 5) is 16.9. The van der Waals surface area contributed by atoms with Crippen molar-refractivity contribution in [3.8, 4) is 6.07 Å². The molecule has 4 nitrogen and oxygen atoms in total. The van der Waals surface area contributed by atoms with Crippen LogP contribution in [0.25, 0.3) is 0 Å². The molecule has 1 aliphatic rings. The van der Waals surface area contributed by atoms with Gasteiger partial charge in [0.25, 0.3) is 0 Å². The normalized spacial score (nSPS) is 15.2. The van der Waals surface area contributed by atoms with Gasteiger partial charge in [0, 0.05) is 42.8 Å². The first-order valence-corrected chi connectivity index (χ1v) is 12.4. The Hall–Kier alpha value is -2.78. The molecule has 8 heteroatoms. The number of carbonyl (C=O) groups is 1. The number of amides is 1. The van der Waals surface area contributed by atoms with E-state index in [1.54, 1.807) is 12.1 Å². The SMILES string of the molecule is N#Cc1ccc(N(Cc2cc(F)c(Cl)cc2Cl)[C@H]2CCN(C(=O)CCc3ccccc3)C2)cc1Cl. The highest BCUT2D eigenvalue weighted by atomic mass is 35.5. The fraction of sp³-hybridized carbons (Fsp3) is 0.259. The number of aryl methyl sites for hydroxylation is 1. The van der Waals surface area contributed by atoms with Crippen LogP contribution < -0.4 is 4.90 Å². The van der Waals surface area contributed by atoms with Crippen LogP contribution in [0.15, 0.2) is 60.7 Å². The molecule has 0 aliphatic carbocycles. The van der Waals surface area contributed by atoms with E-state index in [9.17, 15) is 14.4 Å². The van der Waals surface area contributed by atoms with Crippen molar-refractivity contribution < 1.29 is 9.18 Å². The van der Waals surface area contributed by atoms with Gasteiger partial charge in [-0.05, 0) is 54.3 Å². The van der Waals surface area contributed by atoms with E-state index in [0.29, 0.717) is 53.6 Å². The summed E-state index contributed by atoms with van der Waals surface area (Å²) in [7, 11) is 0. The van der Waals surface area contributed by atoms with Crippen molar-refractivity contribution in [1.29, 1.82) is 5.26 Å². The van der Waals surface area contributed by atoms with Crippen molar-refractivity contribution in [3.63, 3.8) is 0 Å². The lowest BCUT2D eigenvalue weighted by Crippen LogP contribution is -2.39. The van der Waals surface area contributed by atoms with Crippen LogP contribution >= 0.6 is 34.8 Å². The first-order chi connectivity index (χ1) is 16.9. The maximum absolute atomic E-state index is 14.2. The molecular weight excluding hydrogens is 508 g/mol. The van der Waals surface area contributed by atoms with E-state index in [-0.39, 0.29) is 17.0 Å². The van der Waals surface area contributed by atoms with E-state index in [0.717, 1.165) is 17.7 Å². The first-order valence-electron chi connectivity index (χ1n) is 11.3. The van der Waals surface area contributed by atoms with Crippen LogP contribution in [-0.4, -0.2) is 29.9 Å². The Morgan fingerprint density at radius 3 is 2.54 bits per heavy atom. The third-order valence-electron chi connectivity index (χ3n) is 6.26. The van der Waals surface area contributed by atoms with Crippen LogP contribution in [0, 0.1) is 17.1 Å². The highest BCUT2D eigenvalue weighted by Crippen LogP contribution is 2.32. The van der Waals surface area contributed by atoms with Crippen molar-refractivity contribution in [3.05, 3.63) is 98.2 Å². The minimum Gasteiger partial charge on any atom is -0.362 e. The molecule has 1 atom stereocenters. The van der Waals surface area contributed by atoms with E-state index in [1.165, 1.54) is 12.1 Å². The summed E-state index contributed by atoms with van der Waals surface area (Å²) in [5.74, 6) is -0.447. The van der Waals surface area contributed by atoms with E-state index in [4.69, 9.17) is 34.8 Å². The molecule has 0 spiro atoms. The fourth-order valence-corrected chi connectivity index (χ4v) is 5.01. The molecule has 0 radical (unpaired) electrons. The Kier molecular flexibility index (Phi) is 8.18. The maximum atomic E-state index is 14.2. The smallest absolute Gasteiger partial charge is 0.222 e. The summed E-state index contributed by atoms with van der Waals surface area (Å²) >= 11 is 18.6. The van der Waals surface area contributed by atoms with Crippen LogP contribution in [0.4, 0.5) is 10.1 Å². The first kappa shape index (κ1) is 25.3. The Balaban J connectivity index is 1.54. The largest absolute Gasteiger partial charge is 0.362 e. The van der Waals surface area contributed by atoms with Gasteiger partial charge in [0.15, 0.2) is 0 Å². The van der Waals surface area contributed by atoms with E-state index < -0.39 is 5.82 Å². The monoisotopic (exact) mass is 529 g/mol. The Morgan fingerprint density at radius 1 is 1.06 bits per heavy atom. The van der Waals surface area contributed by atoms with E-state index in [2.05, 4.69) is 11.0 Å². The molecule has 1 aliphatic heterocycles. The molecule has 1 fully saturated rings. The predicted molar refractivity (Wildman–Crippen MR) is 139 cm³/mol. The average Bonchev–Trinajstić information content (AvgIpc) is 3.34. The van der Waals surface area contributed by atoms with Gasteiger partial charge in [0.05, 0.1) is 15.6 Å². The van der Waals surface area contributed by atoms with Gasteiger partial charge in [-0.15, -0.1) is 0 Å². The summed E-state index contributed by atoms with van der Waals surface area (Å²) in [5, 5.41) is 9.90. The molecule has 1 saturated heterocycles. The minimum atomic E-state index is -0.548. The third-order valence-corrected chi connectivity index (χ3v) is 7.22. The molecule has 3 aromatic carbocycles. The molecule has 1 heterocycles. The Morgan fingerprint density at radius 2 is 1.83 bits per heavy atom. The number of carbonyl (C=O) groups excluding carboxylic acids is 1. The molecule has 1 amide bonds. The summed E-state index contributed by atoms with van der Waals surface area (Å²) in [6.45, 7) is 1.45. The number of halogens is 4. The molecule has 0 bridgehead atoms. The molecular formula is C27H23Cl3FN3O. The van der Waals surface area contributed by atoms with Gasteiger partial charge < -0.3 is 9.80 Å². The van der Waals surface area contributed by atoms with Gasteiger partial charge in [0.2, 0.25) is 5.91 Å². The number of anilines is 1. The molecule has 0 unspecified atom stereocenters. The van der Waals surface area contributed by atoms with Crippen molar-refractivity contribution >= 4 is 46.4 Å². The van der Waals surface area contributed by atoms with Gasteiger partial charge in [0.1, 0.15) is 11.9 Å². The molecule has 0 N–H and O–H groups in total. The van der Waals surface area contributed by atoms with Crippen LogP contribution in [-0.2, 0) is 17.8 Å². The van der Waals surface area contributed by atoms with Gasteiger partial charge >= 0.3 is 0 Å². The average molecular weight is 531 g/mol. The molecule has 0 aromatic heterocycles. The standard InChI is InChI=1S/C27H23Cl3FN3O/c28-23-13-21(8-7-19(23)15-32)34(16-20-12-26(31)25(30)14-24(20)29)22-10-11-33(17-22)27(35)9-6-18-4-2-1-3-5-18/h1-5,7-8,12-14,22H,6,9-11,16-17H2/t22-/m0/s1. The lowest BCUT2D eigenvalue weighted by atomic mass is 10.1. The minimum absolute atomic E-state index is 0.0329. The summed E-state index contributed by atoms with van der Waals surface area (Å²) < 4.78 is 14.2. The number of likely N-dealkylation sites (tertiary alicyclic amines) is 1. The summed E-state index contributed by atoms with van der Waals surface area (Å²) in [5.41, 5.74) is 2.84. The highest BCUT2D eigenvalue weighted by Gasteiger charge is 2.31. The summed E-state index contributed by atoms with van der Waals surface area (Å²) in [6, 6.07) is 19.9. The fourth-order valence-electron chi connectivity index (χ4n) is 4.35. The Bertz CT molecular complexity index is 1260. The summed E-state index contributed by atoms with van der Waals surface area (Å²) in [6.07, 6.45) is 1.87. The second kappa shape index (κ2) is 11.3. The number of nitriles is 1. The van der Waals surface area contributed by atoms with Gasteiger partial charge in [-0.1, -0.05) is 65.1 Å². The van der Waals surface area contributed by atoms with Crippen LogP contribution in [0.1, 0.15) is 29.5 Å². The zero-order valence-electron chi connectivity index (χ0n) is 18.9. The number of benzene rings is 3. The molecule has 4 rings (SSSR count). The van der Waals surface area contributed by atoms with Gasteiger partial charge in [-0.2, -0.15) is 5.26 Å². The van der Waals surface area contributed by atoms with E-state index >= 15 is 0 Å². The lowest BCUT2D eigenvalue weighted by molar-refractivity contribution is -0.130. The second-order valence-electron chi connectivity index (χ2n) is 8.53. The molecule has 35 heavy (non-hydrogen) atoms. The predicted octanol–water partition coefficient (Wildman–Crippen LogP) is 6.90. The van der Waals surface area contributed by atoms with Crippen LogP contribution in [0.3, 0.4) is 0 Å². The van der Waals surface area contributed by atoms with Gasteiger partial charge in [-0.25, -0.2) is 4.39 Å². The third kappa shape index (κ3) is 6.08. The Labute approximate surface area is 219 Å². The van der Waals surface area contributed by atoms with E-state index in [1.807, 2.05) is 41.3 Å². The zero-order valence-corrected chi connectivity index (χ0v) is 21.1. The molecule has 180 valence electrons. The number of hydrogen-bond acceptors (Lipinski definition) is 3. The second-order valence-corrected chi connectivity index (χ2v) is 9.75. The van der Waals surface area contributed by atoms with Crippen molar-refractivity contribution in [1.82, 2.24) is 4.90 Å². The number of hydrogen-bond donors (Lipinski definition) is 0. The van der Waals surface area contributed by atoms with Crippen LogP contribution in [0.2, 0.25) is 15.1 Å². The highest BCUT2D eigenvalue weighted by molar-refractivity contribution is 6.35. The van der Waals surface area contributed by atoms with Crippen molar-refractivity contribution in [2.75, 3.05) is 18.0 Å². The molecule has 0 saturated carbocycles. The lowest BCUT2D eigenvalue weighted by Gasteiger charge is -2.32. The molecule has 3 aromatic rings. The van der Waals surface area contributed by atoms with Gasteiger partial charge in [-0.3, -0.25) is 4.79 Å². The quantitative estimate of drug-likeness (QED) is 0.312. The topological polar surface area (TPSA) is 47.3 Å². The van der Waals surface area contributed by atoms with Crippen LogP contribution in [0.5, 0.6) is 0 Å². The van der Waals surface area contributed by atoms with Crippen molar-refractivity contribution in [2.24, 2.45) is 0 Å². The zero-order chi connectivity index (χ0) is 24.9. The van der Waals surface area contributed by atoms with Crippen molar-refractivity contribution in [2.45, 2.75) is 31.8 Å².